The standard InChI is InChI=1S/C24H28FN5O3.C4H4O4/c1-29-22(31)5-3-16-2-4-20(25)19(23(16)29)8-11-30-9-6-17(7-10-30)26-15-18-14-21-24(28-27-18)33-13-12-32-21;5-3(6)1-2-4(7)8/h2-5,14,17,26H,6-13,15H2,1H3;1-2H,(H,5,6)(H,7,8). The Morgan fingerprint density at radius 2 is 1.76 bits per heavy atom. The van der Waals surface area contributed by atoms with Crippen LogP contribution in [0.25, 0.3) is 10.9 Å². The number of ether oxygens (including phenoxy) is 2. The zero-order valence-electron chi connectivity index (χ0n) is 22.6. The average Bonchev–Trinajstić information content (AvgIpc) is 2.97. The van der Waals surface area contributed by atoms with Crippen LogP contribution in [0.4, 0.5) is 4.39 Å². The van der Waals surface area contributed by atoms with Crippen molar-refractivity contribution in [2.45, 2.75) is 31.8 Å². The number of likely N-dealkylation sites (tertiary alicyclic amines) is 1. The third kappa shape index (κ3) is 8.08. The van der Waals surface area contributed by atoms with E-state index >= 15 is 0 Å². The SMILES string of the molecule is Cn1c(=O)ccc2ccc(F)c(CCN3CCC(NCc4cc5c(nn4)OCCO5)CC3)c21.O=C(O)C=CC(=O)O. The van der Waals surface area contributed by atoms with E-state index in [1.807, 2.05) is 6.07 Å². The van der Waals surface area contributed by atoms with Crippen molar-refractivity contribution in [1.29, 1.82) is 0 Å². The molecule has 0 unspecified atom stereocenters. The maximum Gasteiger partial charge on any atom is 0.328 e. The molecule has 5 rings (SSSR count). The Hall–Kier alpha value is -4.36. The number of hydrogen-bond donors (Lipinski definition) is 3. The minimum absolute atomic E-state index is 0.121. The summed E-state index contributed by atoms with van der Waals surface area (Å²) in [6.45, 7) is 4.31. The molecule has 2 aromatic heterocycles. The van der Waals surface area contributed by atoms with Gasteiger partial charge < -0.3 is 34.5 Å². The molecule has 0 saturated carbocycles. The number of aliphatic carboxylic acids is 2. The highest BCUT2D eigenvalue weighted by atomic mass is 19.1. The van der Waals surface area contributed by atoms with E-state index in [-0.39, 0.29) is 11.4 Å². The number of carbonyl (C=O) groups is 2. The second-order valence-corrected chi connectivity index (χ2v) is 9.65. The quantitative estimate of drug-likeness (QED) is 0.340. The summed E-state index contributed by atoms with van der Waals surface area (Å²) in [7, 11) is 1.71. The molecule has 218 valence electrons. The fourth-order valence-corrected chi connectivity index (χ4v) is 4.78. The lowest BCUT2D eigenvalue weighted by Gasteiger charge is -2.32. The molecule has 2 aliphatic rings. The van der Waals surface area contributed by atoms with Gasteiger partial charge in [0, 0.05) is 56.0 Å². The summed E-state index contributed by atoms with van der Waals surface area (Å²) in [5, 5.41) is 28.4. The third-order valence-corrected chi connectivity index (χ3v) is 6.89. The van der Waals surface area contributed by atoms with Crippen LogP contribution in [0.15, 0.2) is 47.3 Å². The summed E-state index contributed by atoms with van der Waals surface area (Å²) in [5.74, 6) is -1.65. The van der Waals surface area contributed by atoms with Crippen LogP contribution in [0.5, 0.6) is 11.6 Å². The highest BCUT2D eigenvalue weighted by Gasteiger charge is 2.21. The zero-order chi connectivity index (χ0) is 29.4. The van der Waals surface area contributed by atoms with Gasteiger partial charge in [-0.3, -0.25) is 4.79 Å². The minimum Gasteiger partial charge on any atom is -0.484 e. The van der Waals surface area contributed by atoms with Crippen molar-refractivity contribution in [3.63, 3.8) is 0 Å². The molecule has 0 atom stereocenters. The number of carboxylic acid groups (broad SMARTS) is 2. The Balaban J connectivity index is 0.000000426. The number of rotatable bonds is 8. The van der Waals surface area contributed by atoms with Crippen LogP contribution in [-0.2, 0) is 29.6 Å². The number of benzene rings is 1. The molecule has 1 saturated heterocycles. The number of aromatic nitrogens is 3. The van der Waals surface area contributed by atoms with Crippen molar-refractivity contribution in [3.8, 4) is 11.6 Å². The summed E-state index contributed by atoms with van der Waals surface area (Å²) >= 11 is 0. The van der Waals surface area contributed by atoms with E-state index in [4.69, 9.17) is 19.7 Å². The van der Waals surface area contributed by atoms with Crippen LogP contribution >= 0.6 is 0 Å². The molecule has 12 nitrogen and oxygen atoms in total. The number of nitrogens with zero attached hydrogens (tertiary/aromatic N) is 4. The minimum atomic E-state index is -1.26. The van der Waals surface area contributed by atoms with Crippen molar-refractivity contribution in [1.82, 2.24) is 25.0 Å². The van der Waals surface area contributed by atoms with Gasteiger partial charge in [-0.15, -0.1) is 5.10 Å². The van der Waals surface area contributed by atoms with E-state index in [0.717, 1.165) is 43.6 Å². The van der Waals surface area contributed by atoms with E-state index in [0.29, 0.717) is 67.1 Å². The summed E-state index contributed by atoms with van der Waals surface area (Å²) in [4.78, 5) is 33.5. The van der Waals surface area contributed by atoms with Gasteiger partial charge in [0.05, 0.1) is 11.2 Å². The van der Waals surface area contributed by atoms with Crippen LogP contribution in [0, 0.1) is 5.82 Å². The van der Waals surface area contributed by atoms with Crippen molar-refractivity contribution in [3.05, 3.63) is 69.9 Å². The van der Waals surface area contributed by atoms with Gasteiger partial charge in [0.25, 0.3) is 11.4 Å². The Morgan fingerprint density at radius 1 is 1.07 bits per heavy atom. The molecular weight excluding hydrogens is 537 g/mol. The molecule has 3 N–H and O–H groups in total. The Kier molecular flexibility index (Phi) is 9.98. The number of halogens is 1. The van der Waals surface area contributed by atoms with E-state index < -0.39 is 11.9 Å². The van der Waals surface area contributed by atoms with E-state index in [9.17, 15) is 18.8 Å². The fourth-order valence-electron chi connectivity index (χ4n) is 4.78. The van der Waals surface area contributed by atoms with E-state index in [1.165, 1.54) is 12.1 Å². The number of aryl methyl sites for hydroxylation is 1. The first-order chi connectivity index (χ1) is 19.7. The molecule has 13 heteroatoms. The molecule has 0 aliphatic carbocycles. The predicted molar refractivity (Wildman–Crippen MR) is 147 cm³/mol. The molecule has 3 aromatic rings. The molecule has 2 aliphatic heterocycles. The van der Waals surface area contributed by atoms with Crippen molar-refractivity contribution >= 4 is 22.8 Å². The molecule has 41 heavy (non-hydrogen) atoms. The molecule has 0 spiro atoms. The monoisotopic (exact) mass is 569 g/mol. The third-order valence-electron chi connectivity index (χ3n) is 6.89. The average molecular weight is 570 g/mol. The van der Waals surface area contributed by atoms with Gasteiger partial charge in [-0.1, -0.05) is 0 Å². The number of nitrogens with one attached hydrogen (secondary N) is 1. The van der Waals surface area contributed by atoms with Crippen LogP contribution in [-0.4, -0.2) is 80.7 Å². The number of piperidine rings is 1. The van der Waals surface area contributed by atoms with Crippen molar-refractivity contribution < 1.29 is 33.7 Å². The van der Waals surface area contributed by atoms with Crippen LogP contribution in [0.3, 0.4) is 0 Å². The first-order valence-electron chi connectivity index (χ1n) is 13.2. The molecule has 0 radical (unpaired) electrons. The lowest BCUT2D eigenvalue weighted by Crippen LogP contribution is -2.43. The summed E-state index contributed by atoms with van der Waals surface area (Å²) < 4.78 is 27.2. The number of hydrogen-bond acceptors (Lipinski definition) is 9. The number of pyridine rings is 1. The Bertz CT molecular complexity index is 1470. The topological polar surface area (TPSA) is 156 Å². The number of fused-ring (bicyclic) bond motifs is 2. The maximum atomic E-state index is 14.6. The Labute approximate surface area is 235 Å². The van der Waals surface area contributed by atoms with Gasteiger partial charge in [0.2, 0.25) is 0 Å². The van der Waals surface area contributed by atoms with Gasteiger partial charge in [0.15, 0.2) is 5.75 Å². The molecule has 0 bridgehead atoms. The van der Waals surface area contributed by atoms with Gasteiger partial charge in [-0.25, -0.2) is 14.0 Å². The first kappa shape index (κ1) is 29.6. The molecule has 0 amide bonds. The van der Waals surface area contributed by atoms with Crippen LogP contribution in [0.1, 0.15) is 24.1 Å². The second kappa shape index (κ2) is 13.8. The second-order valence-electron chi connectivity index (χ2n) is 9.65. The van der Waals surface area contributed by atoms with Gasteiger partial charge in [-0.2, -0.15) is 5.10 Å². The van der Waals surface area contributed by atoms with E-state index in [2.05, 4.69) is 20.4 Å². The lowest BCUT2D eigenvalue weighted by molar-refractivity contribution is -0.134. The van der Waals surface area contributed by atoms with Crippen LogP contribution in [0.2, 0.25) is 0 Å². The summed E-state index contributed by atoms with van der Waals surface area (Å²) in [6.07, 6.45) is 3.71. The highest BCUT2D eigenvalue weighted by molar-refractivity contribution is 5.89. The van der Waals surface area contributed by atoms with Gasteiger partial charge in [0.1, 0.15) is 19.0 Å². The molecule has 1 fully saturated rings. The van der Waals surface area contributed by atoms with Crippen molar-refractivity contribution in [2.75, 3.05) is 32.8 Å². The summed E-state index contributed by atoms with van der Waals surface area (Å²) in [5.41, 5.74) is 2.02. The van der Waals surface area contributed by atoms with Gasteiger partial charge in [-0.05, 0) is 55.9 Å². The van der Waals surface area contributed by atoms with Gasteiger partial charge >= 0.3 is 11.9 Å². The first-order valence-corrected chi connectivity index (χ1v) is 13.2. The predicted octanol–water partition coefficient (Wildman–Crippen LogP) is 1.75. The fraction of sp³-hybridized carbons (Fsp3) is 0.393. The Morgan fingerprint density at radius 3 is 2.46 bits per heavy atom. The normalized spacial score (nSPS) is 15.5. The number of carboxylic acids is 2. The lowest BCUT2D eigenvalue weighted by atomic mass is 10.0. The largest absolute Gasteiger partial charge is 0.484 e. The maximum absolute atomic E-state index is 14.6. The smallest absolute Gasteiger partial charge is 0.328 e. The summed E-state index contributed by atoms with van der Waals surface area (Å²) in [6, 6.07) is 8.81. The highest BCUT2D eigenvalue weighted by Crippen LogP contribution is 2.27. The van der Waals surface area contributed by atoms with Crippen LogP contribution < -0.4 is 20.3 Å². The molecular formula is C28H32FN5O7. The van der Waals surface area contributed by atoms with E-state index in [1.54, 1.807) is 23.7 Å². The molecule has 4 heterocycles. The molecule has 1 aromatic carbocycles. The van der Waals surface area contributed by atoms with Crippen molar-refractivity contribution in [2.24, 2.45) is 7.05 Å². The zero-order valence-corrected chi connectivity index (χ0v) is 22.6.